The molecule has 0 saturated carbocycles. The summed E-state index contributed by atoms with van der Waals surface area (Å²) < 4.78 is 0. The molecule has 0 aromatic heterocycles. The van der Waals surface area contributed by atoms with Crippen molar-refractivity contribution in [1.82, 2.24) is 0 Å². The number of anilines is 1. The Morgan fingerprint density at radius 2 is 1.85 bits per heavy atom. The van der Waals surface area contributed by atoms with Gasteiger partial charge in [-0.3, -0.25) is 0 Å². The van der Waals surface area contributed by atoms with Crippen LogP contribution in [0.4, 0.5) is 5.69 Å². The predicted molar refractivity (Wildman–Crippen MR) is 81.6 cm³/mol. The fourth-order valence-corrected chi connectivity index (χ4v) is 2.21. The van der Waals surface area contributed by atoms with Crippen molar-refractivity contribution in [3.63, 3.8) is 0 Å². The Morgan fingerprint density at radius 1 is 1.20 bits per heavy atom. The number of hydrogen-bond donors (Lipinski definition) is 2. The molecule has 0 fully saturated rings. The Labute approximate surface area is 123 Å². The van der Waals surface area contributed by atoms with Crippen molar-refractivity contribution in [3.05, 3.63) is 64.7 Å². The van der Waals surface area contributed by atoms with Gasteiger partial charge in [-0.2, -0.15) is 0 Å². The fraction of sp³-hybridized carbons (Fsp3) is 0.188. The SMILES string of the molecule is CC(Cc1ccc(Cl)cc1)Nc1ccccc1C(=O)O. The van der Waals surface area contributed by atoms with Gasteiger partial charge in [-0.05, 0) is 43.2 Å². The Morgan fingerprint density at radius 3 is 2.50 bits per heavy atom. The second kappa shape index (κ2) is 6.44. The van der Waals surface area contributed by atoms with Crippen LogP contribution in [0, 0.1) is 0 Å². The Kier molecular flexibility index (Phi) is 4.64. The van der Waals surface area contributed by atoms with Crippen LogP contribution in [0.15, 0.2) is 48.5 Å². The van der Waals surface area contributed by atoms with Gasteiger partial charge in [-0.15, -0.1) is 0 Å². The molecule has 2 N–H and O–H groups in total. The van der Waals surface area contributed by atoms with Gasteiger partial charge in [0.1, 0.15) is 0 Å². The molecule has 2 aromatic rings. The van der Waals surface area contributed by atoms with Gasteiger partial charge in [0, 0.05) is 16.8 Å². The second-order valence-corrected chi connectivity index (χ2v) is 5.16. The number of benzene rings is 2. The third kappa shape index (κ3) is 3.75. The maximum atomic E-state index is 11.1. The molecule has 0 spiro atoms. The lowest BCUT2D eigenvalue weighted by Crippen LogP contribution is -2.19. The van der Waals surface area contributed by atoms with E-state index in [1.807, 2.05) is 37.3 Å². The number of halogens is 1. The van der Waals surface area contributed by atoms with E-state index >= 15 is 0 Å². The lowest BCUT2D eigenvalue weighted by atomic mass is 10.1. The number of carbonyl (C=O) groups is 1. The van der Waals surface area contributed by atoms with Crippen LogP contribution < -0.4 is 5.32 Å². The van der Waals surface area contributed by atoms with Gasteiger partial charge in [-0.25, -0.2) is 4.79 Å². The zero-order chi connectivity index (χ0) is 14.5. The Bertz CT molecular complexity index is 596. The summed E-state index contributed by atoms with van der Waals surface area (Å²) in [6.07, 6.45) is 0.797. The molecule has 0 aliphatic heterocycles. The molecule has 1 unspecified atom stereocenters. The van der Waals surface area contributed by atoms with Crippen LogP contribution in [0.5, 0.6) is 0 Å². The number of rotatable bonds is 5. The summed E-state index contributed by atoms with van der Waals surface area (Å²) in [5.41, 5.74) is 2.08. The van der Waals surface area contributed by atoms with Crippen LogP contribution in [0.25, 0.3) is 0 Å². The van der Waals surface area contributed by atoms with E-state index in [4.69, 9.17) is 16.7 Å². The van der Waals surface area contributed by atoms with E-state index in [1.54, 1.807) is 18.2 Å². The largest absolute Gasteiger partial charge is 0.478 e. The van der Waals surface area contributed by atoms with E-state index < -0.39 is 5.97 Å². The smallest absolute Gasteiger partial charge is 0.337 e. The minimum atomic E-state index is -0.924. The van der Waals surface area contributed by atoms with Crippen molar-refractivity contribution in [2.75, 3.05) is 5.32 Å². The lowest BCUT2D eigenvalue weighted by Gasteiger charge is -2.17. The monoisotopic (exact) mass is 289 g/mol. The standard InChI is InChI=1S/C16H16ClNO2/c1-11(10-12-6-8-13(17)9-7-12)18-15-5-3-2-4-14(15)16(19)20/h2-9,11,18H,10H2,1H3,(H,19,20). The van der Waals surface area contributed by atoms with Gasteiger partial charge in [-0.1, -0.05) is 35.9 Å². The van der Waals surface area contributed by atoms with Gasteiger partial charge < -0.3 is 10.4 Å². The van der Waals surface area contributed by atoms with Gasteiger partial charge in [0.15, 0.2) is 0 Å². The topological polar surface area (TPSA) is 49.3 Å². The summed E-state index contributed by atoms with van der Waals surface area (Å²) in [7, 11) is 0. The third-order valence-electron chi connectivity index (χ3n) is 3.01. The zero-order valence-corrected chi connectivity index (χ0v) is 11.9. The van der Waals surface area contributed by atoms with Crippen LogP contribution in [-0.2, 0) is 6.42 Å². The highest BCUT2D eigenvalue weighted by atomic mass is 35.5. The van der Waals surface area contributed by atoms with Gasteiger partial charge in [0.25, 0.3) is 0 Å². The first kappa shape index (κ1) is 14.4. The van der Waals surface area contributed by atoms with E-state index in [-0.39, 0.29) is 11.6 Å². The van der Waals surface area contributed by atoms with Crippen LogP contribution in [0.2, 0.25) is 5.02 Å². The van der Waals surface area contributed by atoms with Crippen molar-refractivity contribution in [2.45, 2.75) is 19.4 Å². The highest BCUT2D eigenvalue weighted by Crippen LogP contribution is 2.18. The van der Waals surface area contributed by atoms with Gasteiger partial charge in [0.2, 0.25) is 0 Å². The van der Waals surface area contributed by atoms with E-state index in [2.05, 4.69) is 5.32 Å². The summed E-state index contributed by atoms with van der Waals surface area (Å²) in [5.74, 6) is -0.924. The van der Waals surface area contributed by atoms with Gasteiger partial charge in [0.05, 0.1) is 5.56 Å². The van der Waals surface area contributed by atoms with Gasteiger partial charge >= 0.3 is 5.97 Å². The number of para-hydroxylation sites is 1. The molecule has 0 aliphatic carbocycles. The quantitative estimate of drug-likeness (QED) is 0.872. The van der Waals surface area contributed by atoms with E-state index in [0.29, 0.717) is 10.7 Å². The molecule has 0 amide bonds. The van der Waals surface area contributed by atoms with E-state index in [1.165, 1.54) is 0 Å². The van der Waals surface area contributed by atoms with Crippen LogP contribution in [0.1, 0.15) is 22.8 Å². The molecular weight excluding hydrogens is 274 g/mol. The first-order valence-electron chi connectivity index (χ1n) is 6.39. The number of nitrogens with one attached hydrogen (secondary N) is 1. The third-order valence-corrected chi connectivity index (χ3v) is 3.27. The lowest BCUT2D eigenvalue weighted by molar-refractivity contribution is 0.0698. The molecular formula is C16H16ClNO2. The van der Waals surface area contributed by atoms with Crippen LogP contribution >= 0.6 is 11.6 Å². The average Bonchev–Trinajstić information content (AvgIpc) is 2.41. The summed E-state index contributed by atoms with van der Waals surface area (Å²) >= 11 is 5.85. The van der Waals surface area contributed by atoms with E-state index in [0.717, 1.165) is 12.0 Å². The normalized spacial score (nSPS) is 11.9. The van der Waals surface area contributed by atoms with E-state index in [9.17, 15) is 4.79 Å². The Balaban J connectivity index is 2.06. The molecule has 4 heteroatoms. The molecule has 0 aliphatic rings. The maximum absolute atomic E-state index is 11.1. The molecule has 0 heterocycles. The molecule has 1 atom stereocenters. The highest BCUT2D eigenvalue weighted by Gasteiger charge is 2.11. The number of carboxylic acids is 1. The Hall–Kier alpha value is -2.00. The predicted octanol–water partition coefficient (Wildman–Crippen LogP) is 4.08. The number of aromatic carboxylic acids is 1. The molecule has 104 valence electrons. The molecule has 0 saturated heterocycles. The van der Waals surface area contributed by atoms with Crippen LogP contribution in [-0.4, -0.2) is 17.1 Å². The molecule has 3 nitrogen and oxygen atoms in total. The summed E-state index contributed by atoms with van der Waals surface area (Å²) in [4.78, 5) is 11.1. The van der Waals surface area contributed by atoms with Crippen molar-refractivity contribution < 1.29 is 9.90 Å². The summed E-state index contributed by atoms with van der Waals surface area (Å²) in [6.45, 7) is 2.02. The molecule has 20 heavy (non-hydrogen) atoms. The number of carboxylic acid groups (broad SMARTS) is 1. The minimum Gasteiger partial charge on any atom is -0.478 e. The van der Waals surface area contributed by atoms with Crippen molar-refractivity contribution >= 4 is 23.3 Å². The first-order valence-corrected chi connectivity index (χ1v) is 6.77. The van der Waals surface area contributed by atoms with Crippen molar-refractivity contribution in [2.24, 2.45) is 0 Å². The first-order chi connectivity index (χ1) is 9.56. The molecule has 0 bridgehead atoms. The maximum Gasteiger partial charge on any atom is 0.337 e. The minimum absolute atomic E-state index is 0.122. The zero-order valence-electron chi connectivity index (χ0n) is 11.1. The summed E-state index contributed by atoms with van der Waals surface area (Å²) in [6, 6.07) is 14.7. The molecule has 2 aromatic carbocycles. The number of hydrogen-bond acceptors (Lipinski definition) is 2. The fourth-order valence-electron chi connectivity index (χ4n) is 2.09. The molecule has 2 rings (SSSR count). The highest BCUT2D eigenvalue weighted by molar-refractivity contribution is 6.30. The summed E-state index contributed by atoms with van der Waals surface area (Å²) in [5, 5.41) is 13.1. The van der Waals surface area contributed by atoms with Crippen LogP contribution in [0.3, 0.4) is 0 Å². The second-order valence-electron chi connectivity index (χ2n) is 4.73. The van der Waals surface area contributed by atoms with Crippen molar-refractivity contribution in [1.29, 1.82) is 0 Å². The average molecular weight is 290 g/mol. The van der Waals surface area contributed by atoms with Crippen molar-refractivity contribution in [3.8, 4) is 0 Å². The molecule has 0 radical (unpaired) electrons.